The van der Waals surface area contributed by atoms with Gasteiger partial charge in [-0.2, -0.15) is 0 Å². The summed E-state index contributed by atoms with van der Waals surface area (Å²) in [6, 6.07) is 4.02. The topological polar surface area (TPSA) is 43.8 Å². The molecule has 0 saturated carbocycles. The molecule has 1 heterocycles. The lowest BCUT2D eigenvalue weighted by molar-refractivity contribution is -0.137. The average Bonchev–Trinajstić information content (AvgIpc) is 2.87. The second kappa shape index (κ2) is 7.28. The van der Waals surface area contributed by atoms with Crippen molar-refractivity contribution >= 4 is 23.7 Å². The Bertz CT molecular complexity index is 692. The zero-order valence-electron chi connectivity index (χ0n) is 17.3. The lowest BCUT2D eigenvalue weighted by Crippen LogP contribution is -2.40. The van der Waals surface area contributed by atoms with Gasteiger partial charge in [-0.1, -0.05) is 60.2 Å². The molecule has 1 fully saturated rings. The molecule has 1 N–H and O–H groups in total. The van der Waals surface area contributed by atoms with Gasteiger partial charge in [0.25, 0.3) is 5.91 Å². The summed E-state index contributed by atoms with van der Waals surface area (Å²) in [5.74, 6) is 1.05. The van der Waals surface area contributed by atoms with Crippen LogP contribution in [0.25, 0.3) is 6.08 Å². The Labute approximate surface area is 162 Å². The zero-order valence-corrected chi connectivity index (χ0v) is 18.1. The second-order valence-corrected chi connectivity index (χ2v) is 9.91. The lowest BCUT2D eigenvalue weighted by atomic mass is 9.78. The van der Waals surface area contributed by atoms with Crippen LogP contribution in [-0.2, 0) is 15.6 Å². The zero-order chi connectivity index (χ0) is 19.9. The summed E-state index contributed by atoms with van der Waals surface area (Å²) >= 11 is 1.56. The Morgan fingerprint density at radius 3 is 2.08 bits per heavy atom. The molecule has 0 unspecified atom stereocenters. The fraction of sp³-hybridized carbons (Fsp3) is 0.571. The van der Waals surface area contributed by atoms with E-state index in [1.54, 1.807) is 16.8 Å². The van der Waals surface area contributed by atoms with Crippen molar-refractivity contribution in [3.05, 3.63) is 33.7 Å². The van der Waals surface area contributed by atoms with Crippen LogP contribution in [0.5, 0.6) is 5.75 Å². The first-order chi connectivity index (χ1) is 11.9. The fourth-order valence-corrected chi connectivity index (χ4v) is 3.96. The van der Waals surface area contributed by atoms with E-state index in [0.29, 0.717) is 11.6 Å². The Morgan fingerprint density at radius 1 is 1.15 bits per heavy atom. The summed E-state index contributed by atoms with van der Waals surface area (Å²) in [6.45, 7) is 15.4. The maximum absolute atomic E-state index is 12.7. The molecule has 2 rings (SSSR count). The van der Waals surface area contributed by atoms with Crippen molar-refractivity contribution in [2.24, 2.45) is 0 Å². The quantitative estimate of drug-likeness (QED) is 0.775. The van der Waals surface area contributed by atoms with Gasteiger partial charge in [-0.3, -0.25) is 9.80 Å². The van der Waals surface area contributed by atoms with Crippen LogP contribution in [-0.4, -0.2) is 40.5 Å². The van der Waals surface area contributed by atoms with Crippen LogP contribution in [0.1, 0.15) is 65.2 Å². The van der Waals surface area contributed by atoms with Gasteiger partial charge in [-0.15, -0.1) is 0 Å². The molecular weight excluding hydrogens is 344 g/mol. The number of hydrazine groups is 1. The lowest BCUT2D eigenvalue weighted by Gasteiger charge is -2.28. The average molecular weight is 377 g/mol. The number of benzene rings is 1. The van der Waals surface area contributed by atoms with Gasteiger partial charge in [0.05, 0.1) is 10.8 Å². The van der Waals surface area contributed by atoms with Crippen molar-refractivity contribution in [3.63, 3.8) is 0 Å². The van der Waals surface area contributed by atoms with E-state index in [-0.39, 0.29) is 16.7 Å². The maximum atomic E-state index is 12.7. The molecule has 26 heavy (non-hydrogen) atoms. The number of carbonyl (C=O) groups excluding carboxylic acids is 1. The number of carbonyl (C=O) groups is 1. The highest BCUT2D eigenvalue weighted by molar-refractivity contribution is 8.04. The second-order valence-electron chi connectivity index (χ2n) is 8.93. The summed E-state index contributed by atoms with van der Waals surface area (Å²) in [4.78, 5) is 13.4. The van der Waals surface area contributed by atoms with Gasteiger partial charge in [-0.25, -0.2) is 5.01 Å². The molecule has 1 aliphatic rings. The standard InChI is InChI=1S/C21H32N2O2S/c1-9-22(8)23-13-26-17(19(23)25)12-14-10-15(20(2,3)4)18(24)16(11-14)21(5,6)7/h10-12,24H,9,13H2,1-8H3. The van der Waals surface area contributed by atoms with Gasteiger partial charge < -0.3 is 5.11 Å². The number of aromatic hydroxyl groups is 1. The van der Waals surface area contributed by atoms with Crippen LogP contribution in [0.4, 0.5) is 0 Å². The molecule has 1 aromatic rings. The number of hydrogen-bond acceptors (Lipinski definition) is 4. The molecule has 0 atom stereocenters. The molecule has 144 valence electrons. The van der Waals surface area contributed by atoms with Gasteiger partial charge in [0.1, 0.15) is 5.75 Å². The van der Waals surface area contributed by atoms with E-state index < -0.39 is 0 Å². The molecule has 0 aliphatic carbocycles. The van der Waals surface area contributed by atoms with Crippen molar-refractivity contribution in [1.82, 2.24) is 10.0 Å². The first-order valence-electron chi connectivity index (χ1n) is 9.11. The summed E-state index contributed by atoms with van der Waals surface area (Å²) in [5, 5.41) is 14.5. The first-order valence-corrected chi connectivity index (χ1v) is 10.1. The predicted molar refractivity (Wildman–Crippen MR) is 111 cm³/mol. The minimum absolute atomic E-state index is 0.0436. The molecule has 0 bridgehead atoms. The number of phenols is 1. The molecule has 0 spiro atoms. The maximum Gasteiger partial charge on any atom is 0.275 e. The molecule has 0 radical (unpaired) electrons. The minimum atomic E-state index is -0.181. The summed E-state index contributed by atoms with van der Waals surface area (Å²) in [6.07, 6.45) is 1.96. The van der Waals surface area contributed by atoms with Crippen LogP contribution in [0.3, 0.4) is 0 Å². The Hall–Kier alpha value is -1.46. The molecule has 1 saturated heterocycles. The van der Waals surface area contributed by atoms with Gasteiger partial charge in [-0.05, 0) is 34.6 Å². The number of thioether (sulfide) groups is 1. The Balaban J connectivity index is 2.52. The van der Waals surface area contributed by atoms with Crippen LogP contribution < -0.4 is 0 Å². The SMILES string of the molecule is CCN(C)N1CSC(=Cc2cc(C(C)(C)C)c(O)c(C(C)(C)C)c2)C1=O. The van der Waals surface area contributed by atoms with Crippen molar-refractivity contribution < 1.29 is 9.90 Å². The fourth-order valence-electron chi connectivity index (χ4n) is 2.94. The third-order valence-corrected chi connectivity index (χ3v) is 5.68. The van der Waals surface area contributed by atoms with Gasteiger partial charge >= 0.3 is 0 Å². The van der Waals surface area contributed by atoms with Crippen molar-refractivity contribution in [2.75, 3.05) is 19.5 Å². The summed E-state index contributed by atoms with van der Waals surface area (Å²) in [5.41, 5.74) is 2.43. The van der Waals surface area contributed by atoms with Crippen molar-refractivity contribution in [2.45, 2.75) is 59.3 Å². The normalized spacial score (nSPS) is 17.7. The van der Waals surface area contributed by atoms with E-state index in [2.05, 4.69) is 41.5 Å². The number of phenolic OH excluding ortho intramolecular Hbond substituents is 1. The van der Waals surface area contributed by atoms with Crippen molar-refractivity contribution in [1.29, 1.82) is 0 Å². The number of nitrogens with zero attached hydrogens (tertiary/aromatic N) is 2. The molecule has 4 nitrogen and oxygen atoms in total. The molecule has 1 amide bonds. The Morgan fingerprint density at radius 2 is 1.65 bits per heavy atom. The van der Waals surface area contributed by atoms with Crippen LogP contribution >= 0.6 is 11.8 Å². The molecular formula is C21H32N2O2S. The van der Waals surface area contributed by atoms with Crippen molar-refractivity contribution in [3.8, 4) is 5.75 Å². The predicted octanol–water partition coefficient (Wildman–Crippen LogP) is 4.73. The van der Waals surface area contributed by atoms with E-state index >= 15 is 0 Å². The first kappa shape index (κ1) is 20.8. The minimum Gasteiger partial charge on any atom is -0.507 e. The summed E-state index contributed by atoms with van der Waals surface area (Å²) in [7, 11) is 1.93. The van der Waals surface area contributed by atoms with Crippen LogP contribution in [0.2, 0.25) is 0 Å². The third kappa shape index (κ3) is 4.26. The van der Waals surface area contributed by atoms with E-state index in [1.165, 1.54) is 0 Å². The van der Waals surface area contributed by atoms with E-state index in [0.717, 1.165) is 28.1 Å². The molecule has 1 aliphatic heterocycles. The highest BCUT2D eigenvalue weighted by atomic mass is 32.2. The highest BCUT2D eigenvalue weighted by Gasteiger charge is 2.30. The largest absolute Gasteiger partial charge is 0.507 e. The number of hydrogen-bond donors (Lipinski definition) is 1. The summed E-state index contributed by atoms with van der Waals surface area (Å²) < 4.78 is 0. The molecule has 5 heteroatoms. The van der Waals surface area contributed by atoms with Gasteiger partial charge in [0.2, 0.25) is 0 Å². The number of amides is 1. The highest BCUT2D eigenvalue weighted by Crippen LogP contribution is 2.41. The smallest absolute Gasteiger partial charge is 0.275 e. The van der Waals surface area contributed by atoms with E-state index in [4.69, 9.17) is 0 Å². The van der Waals surface area contributed by atoms with Crippen LogP contribution in [0, 0.1) is 0 Å². The van der Waals surface area contributed by atoms with Crippen LogP contribution in [0.15, 0.2) is 17.0 Å². The van der Waals surface area contributed by atoms with E-state index in [1.807, 2.05) is 37.2 Å². The van der Waals surface area contributed by atoms with Gasteiger partial charge in [0.15, 0.2) is 0 Å². The Kier molecular flexibility index (Phi) is 5.83. The molecule has 1 aromatic carbocycles. The number of rotatable bonds is 3. The van der Waals surface area contributed by atoms with E-state index in [9.17, 15) is 9.90 Å². The molecule has 0 aromatic heterocycles. The third-order valence-electron chi connectivity index (χ3n) is 4.70. The van der Waals surface area contributed by atoms with Gasteiger partial charge in [0, 0.05) is 24.7 Å². The monoisotopic (exact) mass is 376 g/mol.